The van der Waals surface area contributed by atoms with Gasteiger partial charge in [-0.25, -0.2) is 0 Å². The summed E-state index contributed by atoms with van der Waals surface area (Å²) >= 11 is 0. The van der Waals surface area contributed by atoms with Crippen LogP contribution in [0.3, 0.4) is 0 Å². The maximum atomic E-state index is 10.7. The Kier molecular flexibility index (Phi) is 3.78. The van der Waals surface area contributed by atoms with Crippen LogP contribution >= 0.6 is 0 Å². The average Bonchev–Trinajstić information content (AvgIpc) is 1.63. The molecule has 0 aromatic heterocycles. The molecule has 0 rings (SSSR count). The van der Waals surface area contributed by atoms with Crippen LogP contribution in [0.1, 0.15) is 13.8 Å². The minimum Gasteiger partial charge on any atom is -0.300 e. The number of hydrogen-bond donors (Lipinski definition) is 0. The van der Waals surface area contributed by atoms with E-state index in [9.17, 15) is 4.79 Å². The lowest BCUT2D eigenvalue weighted by Crippen LogP contribution is -2.13. The first-order chi connectivity index (χ1) is 4.04. The third kappa shape index (κ3) is 4.39. The summed E-state index contributed by atoms with van der Waals surface area (Å²) in [5.74, 6) is 0.660. The maximum Gasteiger partial charge on any atom is 0.132 e. The van der Waals surface area contributed by atoms with Crippen LogP contribution in [0.15, 0.2) is 0 Å². The highest BCUT2D eigenvalue weighted by Gasteiger charge is 2.09. The van der Waals surface area contributed by atoms with Crippen molar-refractivity contribution in [2.75, 3.05) is 0 Å². The first-order valence-electron chi connectivity index (χ1n) is 3.54. The van der Waals surface area contributed by atoms with E-state index in [2.05, 4.69) is 13.1 Å². The molecule has 0 aliphatic carbocycles. The van der Waals surface area contributed by atoms with Gasteiger partial charge in [0.25, 0.3) is 0 Å². The van der Waals surface area contributed by atoms with Gasteiger partial charge in [0, 0.05) is 14.7 Å². The van der Waals surface area contributed by atoms with Crippen molar-refractivity contribution in [3.63, 3.8) is 0 Å². The summed E-state index contributed by atoms with van der Waals surface area (Å²) in [7, 11) is -0.505. The van der Waals surface area contributed by atoms with E-state index >= 15 is 0 Å². The monoisotopic (exact) mass is 144 g/mol. The summed E-state index contributed by atoms with van der Waals surface area (Å²) in [5.41, 5.74) is 0. The number of carbonyl (C=O) groups excluding carboxylic acids is 1. The van der Waals surface area contributed by atoms with Gasteiger partial charge in [-0.05, 0) is 6.92 Å². The quantitative estimate of drug-likeness (QED) is 0.551. The smallest absolute Gasteiger partial charge is 0.132 e. The molecule has 1 atom stereocenters. The second-order valence-corrected chi connectivity index (χ2v) is 6.40. The Labute approximate surface area is 59.1 Å². The van der Waals surface area contributed by atoms with Crippen molar-refractivity contribution in [3.8, 4) is 0 Å². The molecule has 0 aliphatic heterocycles. The van der Waals surface area contributed by atoms with Gasteiger partial charge in [-0.15, -0.1) is 0 Å². The normalized spacial score (nSPS) is 13.9. The average molecular weight is 144 g/mol. The number of ketones is 1. The molecule has 1 nitrogen and oxygen atoms in total. The van der Waals surface area contributed by atoms with Gasteiger partial charge in [0.1, 0.15) is 5.78 Å². The standard InChI is InChI=1S/C7H16OSi/c1-6(7(2)8)5-9(3)4/h6,9H,5H2,1-4H3. The molecule has 54 valence electrons. The molecular weight excluding hydrogens is 128 g/mol. The van der Waals surface area contributed by atoms with Gasteiger partial charge < -0.3 is 0 Å². The lowest BCUT2D eigenvalue weighted by atomic mass is 10.1. The van der Waals surface area contributed by atoms with Crippen LogP contribution in [0.5, 0.6) is 0 Å². The summed E-state index contributed by atoms with van der Waals surface area (Å²) in [4.78, 5) is 10.7. The van der Waals surface area contributed by atoms with Gasteiger partial charge in [-0.2, -0.15) is 0 Å². The molecule has 1 unspecified atom stereocenters. The SMILES string of the molecule is CC(=O)C(C)C[SiH](C)C. The van der Waals surface area contributed by atoms with E-state index in [1.54, 1.807) is 6.92 Å². The Morgan fingerprint density at radius 3 is 2.11 bits per heavy atom. The van der Waals surface area contributed by atoms with Crippen molar-refractivity contribution in [2.24, 2.45) is 5.92 Å². The largest absolute Gasteiger partial charge is 0.300 e. The highest BCUT2D eigenvalue weighted by molar-refractivity contribution is 6.56. The molecule has 0 radical (unpaired) electrons. The topological polar surface area (TPSA) is 17.1 Å². The molecule has 0 saturated carbocycles. The predicted octanol–water partition coefficient (Wildman–Crippen LogP) is 1.70. The van der Waals surface area contributed by atoms with Crippen molar-refractivity contribution in [1.82, 2.24) is 0 Å². The van der Waals surface area contributed by atoms with Crippen molar-refractivity contribution in [3.05, 3.63) is 0 Å². The fourth-order valence-electron chi connectivity index (χ4n) is 0.873. The van der Waals surface area contributed by atoms with Crippen LogP contribution in [0.25, 0.3) is 0 Å². The molecule has 9 heavy (non-hydrogen) atoms. The van der Waals surface area contributed by atoms with Gasteiger partial charge in [-0.1, -0.05) is 26.1 Å². The minimum atomic E-state index is -0.505. The summed E-state index contributed by atoms with van der Waals surface area (Å²) in [6, 6.07) is 1.16. The number of rotatable bonds is 3. The molecular formula is C7H16OSi. The molecule has 0 aromatic carbocycles. The highest BCUT2D eigenvalue weighted by Crippen LogP contribution is 2.06. The second-order valence-electron chi connectivity index (χ2n) is 3.14. The zero-order valence-corrected chi connectivity index (χ0v) is 7.92. The van der Waals surface area contributed by atoms with Crippen LogP contribution < -0.4 is 0 Å². The summed E-state index contributed by atoms with van der Waals surface area (Å²) in [5, 5.41) is 0. The number of carbonyl (C=O) groups is 1. The molecule has 0 saturated heterocycles. The molecule has 0 aromatic rings. The molecule has 0 heterocycles. The first-order valence-corrected chi connectivity index (χ1v) is 6.67. The van der Waals surface area contributed by atoms with E-state index in [1.165, 1.54) is 0 Å². The summed E-state index contributed by atoms with van der Waals surface area (Å²) in [6.07, 6.45) is 0. The van der Waals surface area contributed by atoms with E-state index in [0.717, 1.165) is 6.04 Å². The third-order valence-corrected chi connectivity index (χ3v) is 3.17. The lowest BCUT2D eigenvalue weighted by Gasteiger charge is -2.07. The number of Topliss-reactive ketones (excluding diaryl/α,β-unsaturated/α-hetero) is 1. The van der Waals surface area contributed by atoms with Gasteiger partial charge >= 0.3 is 0 Å². The van der Waals surface area contributed by atoms with Gasteiger partial charge in [0.15, 0.2) is 0 Å². The molecule has 0 spiro atoms. The third-order valence-electron chi connectivity index (χ3n) is 1.52. The lowest BCUT2D eigenvalue weighted by molar-refractivity contribution is -0.119. The van der Waals surface area contributed by atoms with Crippen molar-refractivity contribution >= 4 is 14.6 Å². The zero-order chi connectivity index (χ0) is 7.44. The molecule has 2 heteroatoms. The fourth-order valence-corrected chi connectivity index (χ4v) is 2.62. The second kappa shape index (κ2) is 3.83. The van der Waals surface area contributed by atoms with Crippen molar-refractivity contribution in [2.45, 2.75) is 33.0 Å². The predicted molar refractivity (Wildman–Crippen MR) is 43.5 cm³/mol. The van der Waals surface area contributed by atoms with Crippen LogP contribution in [0, 0.1) is 5.92 Å². The molecule has 0 fully saturated rings. The Balaban J connectivity index is 3.50. The van der Waals surface area contributed by atoms with E-state index < -0.39 is 8.80 Å². The Morgan fingerprint density at radius 1 is 1.56 bits per heavy atom. The van der Waals surface area contributed by atoms with E-state index in [0.29, 0.717) is 11.7 Å². The Bertz CT molecular complexity index is 99.1. The molecule has 0 aliphatic rings. The van der Waals surface area contributed by atoms with E-state index in [1.807, 2.05) is 6.92 Å². The van der Waals surface area contributed by atoms with Gasteiger partial charge in [0.05, 0.1) is 0 Å². The van der Waals surface area contributed by atoms with E-state index in [4.69, 9.17) is 0 Å². The fraction of sp³-hybridized carbons (Fsp3) is 0.857. The van der Waals surface area contributed by atoms with Crippen LogP contribution in [0.2, 0.25) is 19.1 Å². The molecule has 0 N–H and O–H groups in total. The first kappa shape index (κ1) is 8.89. The highest BCUT2D eigenvalue weighted by atomic mass is 28.3. The van der Waals surface area contributed by atoms with Gasteiger partial charge in [0.2, 0.25) is 0 Å². The van der Waals surface area contributed by atoms with Crippen LogP contribution in [-0.2, 0) is 4.79 Å². The molecule has 0 amide bonds. The number of hydrogen-bond acceptors (Lipinski definition) is 1. The van der Waals surface area contributed by atoms with Crippen LogP contribution in [-0.4, -0.2) is 14.6 Å². The van der Waals surface area contributed by atoms with Crippen molar-refractivity contribution in [1.29, 1.82) is 0 Å². The summed E-state index contributed by atoms with van der Waals surface area (Å²) in [6.45, 7) is 8.26. The Hall–Kier alpha value is -0.113. The van der Waals surface area contributed by atoms with E-state index in [-0.39, 0.29) is 0 Å². The van der Waals surface area contributed by atoms with Crippen molar-refractivity contribution < 1.29 is 4.79 Å². The Morgan fingerprint density at radius 2 is 2.00 bits per heavy atom. The molecule has 0 bridgehead atoms. The minimum absolute atomic E-state index is 0.316. The summed E-state index contributed by atoms with van der Waals surface area (Å²) < 4.78 is 0. The maximum absolute atomic E-state index is 10.7. The van der Waals surface area contributed by atoms with Crippen LogP contribution in [0.4, 0.5) is 0 Å². The zero-order valence-electron chi connectivity index (χ0n) is 6.77. The van der Waals surface area contributed by atoms with Gasteiger partial charge in [-0.3, -0.25) is 4.79 Å².